The van der Waals surface area contributed by atoms with Gasteiger partial charge in [0.25, 0.3) is 5.91 Å². The first-order valence-electron chi connectivity index (χ1n) is 10.00. The highest BCUT2D eigenvalue weighted by molar-refractivity contribution is 7.21. The Hall–Kier alpha value is -2.57. The molecule has 0 radical (unpaired) electrons. The van der Waals surface area contributed by atoms with E-state index in [1.807, 2.05) is 29.2 Å². The van der Waals surface area contributed by atoms with Gasteiger partial charge in [-0.25, -0.2) is 0 Å². The van der Waals surface area contributed by atoms with E-state index in [9.17, 15) is 9.59 Å². The summed E-state index contributed by atoms with van der Waals surface area (Å²) in [6.45, 7) is 7.09. The fourth-order valence-electron chi connectivity index (χ4n) is 3.78. The lowest BCUT2D eigenvalue weighted by Crippen LogP contribution is -2.51. The van der Waals surface area contributed by atoms with Crippen LogP contribution in [0.3, 0.4) is 0 Å². The summed E-state index contributed by atoms with van der Waals surface area (Å²) in [6, 6.07) is 14.0. The highest BCUT2D eigenvalue weighted by atomic mass is 35.5. The molecular formula is C23H24ClN3O2S. The number of carbonyl (C=O) groups is 2. The lowest BCUT2D eigenvalue weighted by Gasteiger charge is -2.37. The molecule has 0 unspecified atom stereocenters. The number of rotatable bonds is 4. The number of halogens is 1. The predicted molar refractivity (Wildman–Crippen MR) is 124 cm³/mol. The van der Waals surface area contributed by atoms with Gasteiger partial charge in [0.1, 0.15) is 4.88 Å². The molecule has 1 saturated heterocycles. The monoisotopic (exact) mass is 441 g/mol. The van der Waals surface area contributed by atoms with Crippen molar-refractivity contribution in [2.45, 2.75) is 13.8 Å². The summed E-state index contributed by atoms with van der Waals surface area (Å²) < 4.78 is 0.960. The largest absolute Gasteiger partial charge is 0.368 e. The van der Waals surface area contributed by atoms with Crippen molar-refractivity contribution in [3.05, 3.63) is 63.5 Å². The first-order valence-corrected chi connectivity index (χ1v) is 11.2. The third-order valence-electron chi connectivity index (χ3n) is 5.69. The van der Waals surface area contributed by atoms with Gasteiger partial charge in [0.05, 0.1) is 11.6 Å². The summed E-state index contributed by atoms with van der Waals surface area (Å²) in [5.74, 6) is -0.371. The quantitative estimate of drug-likeness (QED) is 0.658. The van der Waals surface area contributed by atoms with E-state index in [-0.39, 0.29) is 18.4 Å². The standard InChI is InChI=1S/C23H24ClN3O2S/c1-15-6-5-8-18(16(15)2)26-10-12-27(13-11-26)20(28)14-25-23(29)22-21(24)17-7-3-4-9-19(17)30-22/h3-9H,10-14H2,1-2H3,(H,25,29). The number of nitrogens with zero attached hydrogens (tertiary/aromatic N) is 2. The van der Waals surface area contributed by atoms with E-state index in [1.54, 1.807) is 0 Å². The first-order chi connectivity index (χ1) is 14.5. The Labute approximate surface area is 185 Å². The Kier molecular flexibility index (Phi) is 5.97. The van der Waals surface area contributed by atoms with Gasteiger partial charge in [0.15, 0.2) is 0 Å². The molecule has 3 aromatic rings. The minimum absolute atomic E-state index is 0.0210. The number of benzene rings is 2. The van der Waals surface area contributed by atoms with E-state index in [4.69, 9.17) is 11.6 Å². The van der Waals surface area contributed by atoms with Gasteiger partial charge in [-0.3, -0.25) is 9.59 Å². The number of anilines is 1. The number of fused-ring (bicyclic) bond motifs is 1. The summed E-state index contributed by atoms with van der Waals surface area (Å²) in [4.78, 5) is 29.8. The van der Waals surface area contributed by atoms with Crippen LogP contribution in [-0.2, 0) is 4.79 Å². The fraction of sp³-hybridized carbons (Fsp3) is 0.304. The van der Waals surface area contributed by atoms with Crippen molar-refractivity contribution in [3.63, 3.8) is 0 Å². The molecule has 0 aliphatic carbocycles. The number of thiophene rings is 1. The van der Waals surface area contributed by atoms with Crippen LogP contribution in [0.1, 0.15) is 20.8 Å². The molecule has 2 heterocycles. The third-order valence-corrected chi connectivity index (χ3v) is 7.36. The maximum atomic E-state index is 12.6. The smallest absolute Gasteiger partial charge is 0.263 e. The number of hydrogen-bond acceptors (Lipinski definition) is 4. The highest BCUT2D eigenvalue weighted by Gasteiger charge is 2.23. The number of amides is 2. The molecule has 0 spiro atoms. The average molecular weight is 442 g/mol. The molecule has 4 rings (SSSR count). The van der Waals surface area contributed by atoms with Crippen molar-refractivity contribution in [1.82, 2.24) is 10.2 Å². The van der Waals surface area contributed by atoms with E-state index in [1.165, 1.54) is 28.2 Å². The first kappa shape index (κ1) is 20.7. The number of hydrogen-bond donors (Lipinski definition) is 1. The third kappa shape index (κ3) is 4.02. The van der Waals surface area contributed by atoms with Crippen LogP contribution in [0.5, 0.6) is 0 Å². The lowest BCUT2D eigenvalue weighted by molar-refractivity contribution is -0.130. The van der Waals surface area contributed by atoms with Crippen LogP contribution in [0.4, 0.5) is 5.69 Å². The summed E-state index contributed by atoms with van der Waals surface area (Å²) in [5, 5.41) is 4.05. The minimum atomic E-state index is -0.302. The Morgan fingerprint density at radius 2 is 1.77 bits per heavy atom. The molecule has 2 amide bonds. The SMILES string of the molecule is Cc1cccc(N2CCN(C(=O)CNC(=O)c3sc4ccccc4c3Cl)CC2)c1C. The minimum Gasteiger partial charge on any atom is -0.368 e. The van der Waals surface area contributed by atoms with E-state index in [0.717, 1.165) is 23.2 Å². The van der Waals surface area contributed by atoms with Gasteiger partial charge < -0.3 is 15.1 Å². The zero-order valence-corrected chi connectivity index (χ0v) is 18.6. The zero-order valence-electron chi connectivity index (χ0n) is 17.1. The van der Waals surface area contributed by atoms with Crippen molar-refractivity contribution < 1.29 is 9.59 Å². The summed E-state index contributed by atoms with van der Waals surface area (Å²) in [6.07, 6.45) is 0. The van der Waals surface area contributed by atoms with Crippen LogP contribution >= 0.6 is 22.9 Å². The summed E-state index contributed by atoms with van der Waals surface area (Å²) >= 11 is 7.71. The Bertz CT molecular complexity index is 1100. The molecule has 1 aliphatic rings. The second-order valence-corrected chi connectivity index (χ2v) is 8.94. The average Bonchev–Trinajstić information content (AvgIpc) is 3.11. The molecule has 0 saturated carbocycles. The molecule has 30 heavy (non-hydrogen) atoms. The molecule has 1 N–H and O–H groups in total. The molecular weight excluding hydrogens is 418 g/mol. The molecule has 7 heteroatoms. The lowest BCUT2D eigenvalue weighted by atomic mass is 10.1. The summed E-state index contributed by atoms with van der Waals surface area (Å²) in [7, 11) is 0. The molecule has 0 atom stereocenters. The second kappa shape index (κ2) is 8.66. The normalized spacial score (nSPS) is 14.2. The van der Waals surface area contributed by atoms with Gasteiger partial charge in [0.2, 0.25) is 5.91 Å². The second-order valence-electron chi connectivity index (χ2n) is 7.51. The maximum Gasteiger partial charge on any atom is 0.263 e. The van der Waals surface area contributed by atoms with Crippen LogP contribution in [0.2, 0.25) is 5.02 Å². The van der Waals surface area contributed by atoms with Crippen LogP contribution in [0.25, 0.3) is 10.1 Å². The molecule has 156 valence electrons. The van der Waals surface area contributed by atoms with Crippen molar-refractivity contribution in [1.29, 1.82) is 0 Å². The predicted octanol–water partition coefficient (Wildman–Crippen LogP) is 4.25. The van der Waals surface area contributed by atoms with Crippen molar-refractivity contribution >= 4 is 50.5 Å². The molecule has 1 aliphatic heterocycles. The van der Waals surface area contributed by atoms with Crippen LogP contribution in [-0.4, -0.2) is 49.4 Å². The van der Waals surface area contributed by atoms with E-state index in [0.29, 0.717) is 23.0 Å². The number of piperazine rings is 1. The van der Waals surface area contributed by atoms with Gasteiger partial charge in [-0.1, -0.05) is 41.9 Å². The van der Waals surface area contributed by atoms with Crippen molar-refractivity contribution in [2.24, 2.45) is 0 Å². The van der Waals surface area contributed by atoms with Crippen LogP contribution in [0.15, 0.2) is 42.5 Å². The Balaban J connectivity index is 1.33. The van der Waals surface area contributed by atoms with Crippen molar-refractivity contribution in [2.75, 3.05) is 37.6 Å². The molecule has 0 bridgehead atoms. The fourth-order valence-corrected chi connectivity index (χ4v) is 5.22. The van der Waals surface area contributed by atoms with Crippen LogP contribution in [0, 0.1) is 13.8 Å². The van der Waals surface area contributed by atoms with E-state index < -0.39 is 0 Å². The van der Waals surface area contributed by atoms with Gasteiger partial charge in [0, 0.05) is 42.0 Å². The Morgan fingerprint density at radius 1 is 1.03 bits per heavy atom. The highest BCUT2D eigenvalue weighted by Crippen LogP contribution is 2.35. The summed E-state index contributed by atoms with van der Waals surface area (Å²) in [5.41, 5.74) is 3.79. The number of carbonyl (C=O) groups excluding carboxylic acids is 2. The van der Waals surface area contributed by atoms with Gasteiger partial charge in [-0.05, 0) is 37.1 Å². The van der Waals surface area contributed by atoms with Gasteiger partial charge in [-0.15, -0.1) is 11.3 Å². The topological polar surface area (TPSA) is 52.6 Å². The molecule has 1 aromatic heterocycles. The van der Waals surface area contributed by atoms with Gasteiger partial charge in [-0.2, -0.15) is 0 Å². The molecule has 2 aromatic carbocycles. The van der Waals surface area contributed by atoms with Crippen molar-refractivity contribution in [3.8, 4) is 0 Å². The Morgan fingerprint density at radius 3 is 2.50 bits per heavy atom. The number of nitrogens with one attached hydrogen (secondary N) is 1. The van der Waals surface area contributed by atoms with E-state index >= 15 is 0 Å². The zero-order chi connectivity index (χ0) is 21.3. The van der Waals surface area contributed by atoms with Crippen LogP contribution < -0.4 is 10.2 Å². The molecule has 1 fully saturated rings. The maximum absolute atomic E-state index is 12.6. The van der Waals surface area contributed by atoms with Gasteiger partial charge >= 0.3 is 0 Å². The molecule has 5 nitrogen and oxygen atoms in total. The van der Waals surface area contributed by atoms with E-state index in [2.05, 4.69) is 42.3 Å². The number of aryl methyl sites for hydroxylation is 1.